The maximum absolute atomic E-state index is 12.5. The summed E-state index contributed by atoms with van der Waals surface area (Å²) in [5.41, 5.74) is 3.52. The SMILES string of the molecule is Cc1cc(C)n2nc(C(=O)Nc3nc(-c4ccc(I)cc4)cs3)nc2n1. The van der Waals surface area contributed by atoms with Gasteiger partial charge in [-0.25, -0.2) is 14.5 Å². The van der Waals surface area contributed by atoms with Crippen LogP contribution in [-0.2, 0) is 0 Å². The maximum Gasteiger partial charge on any atom is 0.297 e. The number of nitrogens with one attached hydrogen (secondary N) is 1. The molecule has 0 radical (unpaired) electrons. The molecule has 0 atom stereocenters. The first-order chi connectivity index (χ1) is 12.5. The Morgan fingerprint density at radius 1 is 1.15 bits per heavy atom. The molecule has 26 heavy (non-hydrogen) atoms. The molecule has 9 heteroatoms. The third-order valence-corrected chi connectivity index (χ3v) is 5.16. The van der Waals surface area contributed by atoms with Gasteiger partial charge in [0.15, 0.2) is 5.13 Å². The minimum atomic E-state index is -0.406. The van der Waals surface area contributed by atoms with E-state index in [1.807, 2.05) is 49.6 Å². The lowest BCUT2D eigenvalue weighted by Crippen LogP contribution is -2.13. The van der Waals surface area contributed by atoms with Gasteiger partial charge in [0.25, 0.3) is 11.7 Å². The van der Waals surface area contributed by atoms with Crippen molar-refractivity contribution in [1.82, 2.24) is 24.6 Å². The van der Waals surface area contributed by atoms with Gasteiger partial charge in [-0.3, -0.25) is 10.1 Å². The van der Waals surface area contributed by atoms with Crippen LogP contribution in [0.25, 0.3) is 17.0 Å². The molecule has 0 aliphatic carbocycles. The first kappa shape index (κ1) is 17.0. The van der Waals surface area contributed by atoms with Gasteiger partial charge in [0.05, 0.1) is 5.69 Å². The van der Waals surface area contributed by atoms with Crippen LogP contribution in [0.4, 0.5) is 5.13 Å². The van der Waals surface area contributed by atoms with Gasteiger partial charge in [0.1, 0.15) is 0 Å². The second-order valence-corrected chi connectivity index (χ2v) is 7.79. The van der Waals surface area contributed by atoms with Gasteiger partial charge in [-0.15, -0.1) is 16.4 Å². The molecule has 0 saturated heterocycles. The van der Waals surface area contributed by atoms with Crippen molar-refractivity contribution in [2.45, 2.75) is 13.8 Å². The summed E-state index contributed by atoms with van der Waals surface area (Å²) in [5.74, 6) is 0.0691. The summed E-state index contributed by atoms with van der Waals surface area (Å²) >= 11 is 3.62. The summed E-state index contributed by atoms with van der Waals surface area (Å²) in [6, 6.07) is 9.93. The van der Waals surface area contributed by atoms with Gasteiger partial charge >= 0.3 is 0 Å². The number of amides is 1. The Labute approximate surface area is 166 Å². The molecule has 1 aromatic carbocycles. The van der Waals surface area contributed by atoms with Gasteiger partial charge in [0.2, 0.25) is 5.82 Å². The standard InChI is InChI=1S/C17H13IN6OS/c1-9-7-10(2)24-16(19-9)21-14(23-24)15(25)22-17-20-13(8-26-17)11-3-5-12(18)6-4-11/h3-8H,1-2H3,(H,20,22,25). The molecule has 4 aromatic rings. The minimum Gasteiger partial charge on any atom is -0.295 e. The molecule has 3 heterocycles. The van der Waals surface area contributed by atoms with Crippen molar-refractivity contribution in [2.75, 3.05) is 5.32 Å². The fourth-order valence-corrected chi connectivity index (χ4v) is 3.57. The second kappa shape index (κ2) is 6.72. The van der Waals surface area contributed by atoms with Crippen molar-refractivity contribution in [3.63, 3.8) is 0 Å². The van der Waals surface area contributed by atoms with Gasteiger partial charge in [-0.2, -0.15) is 4.98 Å². The first-order valence-electron chi connectivity index (χ1n) is 7.73. The number of aromatic nitrogens is 5. The van der Waals surface area contributed by atoms with Crippen molar-refractivity contribution >= 4 is 50.7 Å². The zero-order valence-corrected chi connectivity index (χ0v) is 16.9. The quantitative estimate of drug-likeness (QED) is 0.456. The minimum absolute atomic E-state index is 0.0669. The number of rotatable bonds is 3. The van der Waals surface area contributed by atoms with Crippen LogP contribution in [0, 0.1) is 17.4 Å². The number of halogens is 1. The Hall–Kier alpha value is -2.40. The number of carbonyl (C=O) groups excluding carboxylic acids is 1. The van der Waals surface area contributed by atoms with Crippen LogP contribution in [0.5, 0.6) is 0 Å². The monoisotopic (exact) mass is 476 g/mol. The van der Waals surface area contributed by atoms with E-state index in [2.05, 4.69) is 48.0 Å². The van der Waals surface area contributed by atoms with Crippen LogP contribution in [0.3, 0.4) is 0 Å². The predicted molar refractivity (Wildman–Crippen MR) is 108 cm³/mol. The van der Waals surface area contributed by atoms with E-state index in [9.17, 15) is 4.79 Å². The van der Waals surface area contributed by atoms with E-state index in [1.54, 1.807) is 4.52 Å². The number of hydrogen-bond acceptors (Lipinski definition) is 6. The molecular weight excluding hydrogens is 463 g/mol. The molecule has 0 aliphatic rings. The summed E-state index contributed by atoms with van der Waals surface area (Å²) in [5, 5.41) is 9.40. The molecule has 0 saturated carbocycles. The number of thiazole rings is 1. The molecule has 1 N–H and O–H groups in total. The third kappa shape index (κ3) is 3.31. The molecule has 1 amide bonds. The number of anilines is 1. The van der Waals surface area contributed by atoms with Crippen molar-refractivity contribution in [2.24, 2.45) is 0 Å². The Morgan fingerprint density at radius 2 is 1.92 bits per heavy atom. The van der Waals surface area contributed by atoms with Crippen LogP contribution in [-0.4, -0.2) is 30.5 Å². The molecule has 130 valence electrons. The molecule has 0 spiro atoms. The summed E-state index contributed by atoms with van der Waals surface area (Å²) in [6.45, 7) is 3.77. The third-order valence-electron chi connectivity index (χ3n) is 3.69. The highest BCUT2D eigenvalue weighted by Crippen LogP contribution is 2.25. The lowest BCUT2D eigenvalue weighted by molar-refractivity contribution is 0.101. The van der Waals surface area contributed by atoms with Crippen LogP contribution >= 0.6 is 33.9 Å². The van der Waals surface area contributed by atoms with Crippen molar-refractivity contribution < 1.29 is 4.79 Å². The largest absolute Gasteiger partial charge is 0.297 e. The highest BCUT2D eigenvalue weighted by atomic mass is 127. The molecule has 4 rings (SSSR count). The second-order valence-electron chi connectivity index (χ2n) is 5.69. The van der Waals surface area contributed by atoms with Gasteiger partial charge in [-0.05, 0) is 54.6 Å². The zero-order chi connectivity index (χ0) is 18.3. The topological polar surface area (TPSA) is 85.1 Å². The van der Waals surface area contributed by atoms with Gasteiger partial charge in [0, 0.05) is 25.9 Å². The first-order valence-corrected chi connectivity index (χ1v) is 9.69. The summed E-state index contributed by atoms with van der Waals surface area (Å²) in [7, 11) is 0. The number of carbonyl (C=O) groups is 1. The van der Waals surface area contributed by atoms with E-state index in [0.29, 0.717) is 10.9 Å². The summed E-state index contributed by atoms with van der Waals surface area (Å²) in [4.78, 5) is 25.4. The van der Waals surface area contributed by atoms with Crippen molar-refractivity contribution in [3.8, 4) is 11.3 Å². The normalized spacial score (nSPS) is 11.0. The highest BCUT2D eigenvalue weighted by molar-refractivity contribution is 14.1. The molecule has 0 aliphatic heterocycles. The van der Waals surface area contributed by atoms with E-state index in [0.717, 1.165) is 26.2 Å². The van der Waals surface area contributed by atoms with Crippen molar-refractivity contribution in [1.29, 1.82) is 0 Å². The van der Waals surface area contributed by atoms with E-state index < -0.39 is 5.91 Å². The molecular formula is C17H13IN6OS. The van der Waals surface area contributed by atoms with E-state index in [1.165, 1.54) is 11.3 Å². The van der Waals surface area contributed by atoms with E-state index in [-0.39, 0.29) is 5.82 Å². The number of nitrogens with zero attached hydrogens (tertiary/aromatic N) is 5. The number of benzene rings is 1. The molecule has 0 unspecified atom stereocenters. The fraction of sp³-hybridized carbons (Fsp3) is 0.118. The predicted octanol–water partition coefficient (Wildman–Crippen LogP) is 3.72. The number of aryl methyl sites for hydroxylation is 2. The molecule has 0 bridgehead atoms. The van der Waals surface area contributed by atoms with Crippen LogP contribution in [0.1, 0.15) is 22.0 Å². The molecule has 7 nitrogen and oxygen atoms in total. The Bertz CT molecular complexity index is 1120. The highest BCUT2D eigenvalue weighted by Gasteiger charge is 2.16. The van der Waals surface area contributed by atoms with Crippen LogP contribution in [0.2, 0.25) is 0 Å². The van der Waals surface area contributed by atoms with Gasteiger partial charge < -0.3 is 0 Å². The average Bonchev–Trinajstić information content (AvgIpc) is 3.22. The average molecular weight is 476 g/mol. The van der Waals surface area contributed by atoms with E-state index in [4.69, 9.17) is 0 Å². The molecule has 3 aromatic heterocycles. The Kier molecular flexibility index (Phi) is 4.41. The van der Waals surface area contributed by atoms with Crippen LogP contribution in [0.15, 0.2) is 35.7 Å². The smallest absolute Gasteiger partial charge is 0.295 e. The van der Waals surface area contributed by atoms with E-state index >= 15 is 0 Å². The Morgan fingerprint density at radius 3 is 2.69 bits per heavy atom. The fourth-order valence-electron chi connectivity index (χ4n) is 2.50. The maximum atomic E-state index is 12.5. The number of fused-ring (bicyclic) bond motifs is 1. The number of hydrogen-bond donors (Lipinski definition) is 1. The van der Waals surface area contributed by atoms with Crippen LogP contribution < -0.4 is 5.32 Å². The van der Waals surface area contributed by atoms with Gasteiger partial charge in [-0.1, -0.05) is 12.1 Å². The Balaban J connectivity index is 1.57. The van der Waals surface area contributed by atoms with Crippen molar-refractivity contribution in [3.05, 3.63) is 56.5 Å². The molecule has 0 fully saturated rings. The lowest BCUT2D eigenvalue weighted by Gasteiger charge is -1.98. The summed E-state index contributed by atoms with van der Waals surface area (Å²) in [6.07, 6.45) is 0. The zero-order valence-electron chi connectivity index (χ0n) is 13.9. The lowest BCUT2D eigenvalue weighted by atomic mass is 10.2. The summed E-state index contributed by atoms with van der Waals surface area (Å²) < 4.78 is 2.72.